The molecule has 0 amide bonds. The molecule has 0 radical (unpaired) electrons. The standard InChI is InChI=1S/C15H18O4/c1-6-8-4-9-7(2)11(16)12-13(19-12)15(9,3)5-10(8)18-14(6)17/h7-10,12-13H,1,4-5H2,2-3H3/t7-,8-,9+,10-,12+,13+,15-/m1/s1. The molecule has 4 rings (SSSR count). The molecule has 2 heterocycles. The number of rotatable bonds is 0. The van der Waals surface area contributed by atoms with Crippen LogP contribution in [0, 0.1) is 23.2 Å². The van der Waals surface area contributed by atoms with Crippen LogP contribution >= 0.6 is 0 Å². The lowest BCUT2D eigenvalue weighted by atomic mass is 9.54. The van der Waals surface area contributed by atoms with Crippen molar-refractivity contribution in [2.45, 2.75) is 45.0 Å². The maximum atomic E-state index is 12.2. The molecule has 0 N–H and O–H groups in total. The lowest BCUT2D eigenvalue weighted by Gasteiger charge is -2.48. The quantitative estimate of drug-likeness (QED) is 0.377. The molecule has 0 unspecified atom stereocenters. The van der Waals surface area contributed by atoms with Gasteiger partial charge in [0.05, 0.1) is 6.10 Å². The summed E-state index contributed by atoms with van der Waals surface area (Å²) in [6.45, 7) is 8.06. The Morgan fingerprint density at radius 3 is 2.84 bits per heavy atom. The number of ether oxygens (including phenoxy) is 2. The van der Waals surface area contributed by atoms with Crippen molar-refractivity contribution in [2.75, 3.05) is 0 Å². The molecule has 4 heteroatoms. The van der Waals surface area contributed by atoms with Crippen molar-refractivity contribution >= 4 is 11.8 Å². The van der Waals surface area contributed by atoms with Gasteiger partial charge in [-0.1, -0.05) is 20.4 Å². The molecule has 4 fully saturated rings. The van der Waals surface area contributed by atoms with Crippen molar-refractivity contribution in [1.29, 1.82) is 0 Å². The van der Waals surface area contributed by atoms with Crippen molar-refractivity contribution in [3.8, 4) is 0 Å². The zero-order valence-electron chi connectivity index (χ0n) is 11.2. The average Bonchev–Trinajstić information content (AvgIpc) is 3.12. The van der Waals surface area contributed by atoms with E-state index in [1.807, 2.05) is 6.92 Å². The Kier molecular flexibility index (Phi) is 2.02. The molecule has 0 spiro atoms. The number of carbonyl (C=O) groups excluding carboxylic acids is 2. The van der Waals surface area contributed by atoms with Crippen LogP contribution in [0.15, 0.2) is 12.2 Å². The van der Waals surface area contributed by atoms with Gasteiger partial charge < -0.3 is 9.47 Å². The number of ketones is 1. The van der Waals surface area contributed by atoms with E-state index in [0.29, 0.717) is 5.57 Å². The van der Waals surface area contributed by atoms with Crippen molar-refractivity contribution < 1.29 is 19.1 Å². The topological polar surface area (TPSA) is 55.9 Å². The van der Waals surface area contributed by atoms with Crippen LogP contribution in [0.3, 0.4) is 0 Å². The summed E-state index contributed by atoms with van der Waals surface area (Å²) in [5, 5.41) is 0. The van der Waals surface area contributed by atoms with E-state index in [0.717, 1.165) is 12.8 Å². The predicted molar refractivity (Wildman–Crippen MR) is 66.2 cm³/mol. The maximum absolute atomic E-state index is 12.2. The second-order valence-corrected chi connectivity index (χ2v) is 6.80. The highest BCUT2D eigenvalue weighted by Gasteiger charge is 2.68. The smallest absolute Gasteiger partial charge is 0.334 e. The third-order valence-corrected chi connectivity index (χ3v) is 5.89. The first kappa shape index (κ1) is 11.6. The summed E-state index contributed by atoms with van der Waals surface area (Å²) < 4.78 is 11.1. The number of hydrogen-bond acceptors (Lipinski definition) is 4. The van der Waals surface area contributed by atoms with Gasteiger partial charge in [0.15, 0.2) is 5.78 Å². The van der Waals surface area contributed by atoms with Gasteiger partial charge in [0.1, 0.15) is 12.2 Å². The minimum atomic E-state index is -0.260. The second-order valence-electron chi connectivity index (χ2n) is 6.80. The minimum absolute atomic E-state index is 0.0122. The molecule has 2 aliphatic carbocycles. The molecule has 0 aromatic heterocycles. The summed E-state index contributed by atoms with van der Waals surface area (Å²) in [4.78, 5) is 23.8. The van der Waals surface area contributed by atoms with Crippen LogP contribution in [0.2, 0.25) is 0 Å². The van der Waals surface area contributed by atoms with E-state index in [2.05, 4.69) is 13.5 Å². The van der Waals surface area contributed by atoms with Gasteiger partial charge in [-0.25, -0.2) is 4.79 Å². The Labute approximate surface area is 112 Å². The highest BCUT2D eigenvalue weighted by atomic mass is 16.6. The highest BCUT2D eigenvalue weighted by molar-refractivity contribution is 5.92. The van der Waals surface area contributed by atoms with Gasteiger partial charge in [0.2, 0.25) is 0 Å². The Morgan fingerprint density at radius 1 is 1.37 bits per heavy atom. The van der Waals surface area contributed by atoms with Crippen LogP contribution in [-0.2, 0) is 19.1 Å². The van der Waals surface area contributed by atoms with E-state index >= 15 is 0 Å². The van der Waals surface area contributed by atoms with E-state index in [-0.39, 0.29) is 53.2 Å². The zero-order chi connectivity index (χ0) is 13.5. The first-order valence-electron chi connectivity index (χ1n) is 7.02. The molecule has 102 valence electrons. The predicted octanol–water partition coefficient (Wildman–Crippen LogP) is 1.49. The summed E-state index contributed by atoms with van der Waals surface area (Å²) in [5.41, 5.74) is 0.551. The van der Waals surface area contributed by atoms with Crippen LogP contribution in [0.4, 0.5) is 0 Å². The van der Waals surface area contributed by atoms with Crippen molar-refractivity contribution in [2.24, 2.45) is 23.2 Å². The third-order valence-electron chi connectivity index (χ3n) is 5.89. The number of epoxide rings is 1. The van der Waals surface area contributed by atoms with E-state index in [4.69, 9.17) is 9.47 Å². The molecule has 4 nitrogen and oxygen atoms in total. The molecular weight excluding hydrogens is 244 g/mol. The van der Waals surface area contributed by atoms with Gasteiger partial charge in [-0.05, 0) is 18.8 Å². The van der Waals surface area contributed by atoms with E-state index < -0.39 is 0 Å². The highest BCUT2D eigenvalue weighted by Crippen LogP contribution is 2.61. The van der Waals surface area contributed by atoms with Gasteiger partial charge in [-0.2, -0.15) is 0 Å². The fourth-order valence-corrected chi connectivity index (χ4v) is 4.67. The first-order valence-corrected chi connectivity index (χ1v) is 7.02. The molecular formula is C15H18O4. The van der Waals surface area contributed by atoms with Gasteiger partial charge in [0.25, 0.3) is 0 Å². The normalized spacial score (nSPS) is 55.2. The lowest BCUT2D eigenvalue weighted by molar-refractivity contribution is -0.145. The van der Waals surface area contributed by atoms with E-state index in [1.54, 1.807) is 0 Å². The SMILES string of the molecule is C=C1C(=O)O[C@@H]2C[C@]3(C)[C@@H](C[C@H]12)[C@@H](C)C(=O)[C@@H]1O[C@@H]13. The number of fused-ring (bicyclic) bond motifs is 4. The van der Waals surface area contributed by atoms with Gasteiger partial charge in [-0.3, -0.25) is 4.79 Å². The summed E-state index contributed by atoms with van der Waals surface area (Å²) in [5.74, 6) is 0.358. The van der Waals surface area contributed by atoms with E-state index in [9.17, 15) is 9.59 Å². The monoisotopic (exact) mass is 262 g/mol. The fraction of sp³-hybridized carbons (Fsp3) is 0.733. The molecule has 19 heavy (non-hydrogen) atoms. The molecule has 2 saturated carbocycles. The molecule has 2 aliphatic heterocycles. The molecule has 2 saturated heterocycles. The second kappa shape index (κ2) is 3.29. The van der Waals surface area contributed by atoms with Crippen LogP contribution in [0.5, 0.6) is 0 Å². The third kappa shape index (κ3) is 1.28. The summed E-state index contributed by atoms with van der Waals surface area (Å²) in [7, 11) is 0. The summed E-state index contributed by atoms with van der Waals surface area (Å²) >= 11 is 0. The molecule has 7 atom stereocenters. The van der Waals surface area contributed by atoms with Gasteiger partial charge in [0, 0.05) is 22.8 Å². The number of carbonyl (C=O) groups is 2. The molecule has 4 aliphatic rings. The van der Waals surface area contributed by atoms with Gasteiger partial charge >= 0.3 is 5.97 Å². The first-order chi connectivity index (χ1) is 8.93. The van der Waals surface area contributed by atoms with Gasteiger partial charge in [-0.15, -0.1) is 0 Å². The Balaban J connectivity index is 1.71. The Morgan fingerprint density at radius 2 is 2.11 bits per heavy atom. The van der Waals surface area contributed by atoms with Crippen LogP contribution in [0.1, 0.15) is 26.7 Å². The average molecular weight is 262 g/mol. The Hall–Kier alpha value is -1.16. The molecule has 0 aromatic carbocycles. The van der Waals surface area contributed by atoms with Crippen molar-refractivity contribution in [3.63, 3.8) is 0 Å². The number of esters is 1. The fourth-order valence-electron chi connectivity index (χ4n) is 4.67. The van der Waals surface area contributed by atoms with Crippen LogP contribution in [-0.4, -0.2) is 30.1 Å². The molecule has 0 bridgehead atoms. The van der Waals surface area contributed by atoms with Crippen LogP contribution in [0.25, 0.3) is 0 Å². The zero-order valence-corrected chi connectivity index (χ0v) is 11.2. The minimum Gasteiger partial charge on any atom is -0.458 e. The largest absolute Gasteiger partial charge is 0.458 e. The van der Waals surface area contributed by atoms with E-state index in [1.165, 1.54) is 0 Å². The van der Waals surface area contributed by atoms with Crippen molar-refractivity contribution in [3.05, 3.63) is 12.2 Å². The number of hydrogen-bond donors (Lipinski definition) is 0. The van der Waals surface area contributed by atoms with Crippen molar-refractivity contribution in [1.82, 2.24) is 0 Å². The number of Topliss-reactive ketones (excluding diaryl/α,β-unsaturated/α-hetero) is 1. The summed E-state index contributed by atoms with van der Waals surface area (Å²) in [6, 6.07) is 0. The lowest BCUT2D eigenvalue weighted by Crippen LogP contribution is -2.52. The Bertz CT molecular complexity index is 510. The maximum Gasteiger partial charge on any atom is 0.334 e. The molecule has 0 aromatic rings. The van der Waals surface area contributed by atoms with Crippen LogP contribution < -0.4 is 0 Å². The summed E-state index contributed by atoms with van der Waals surface area (Å²) in [6.07, 6.45) is 1.39.